The maximum Gasteiger partial charge on any atom is 0.292 e. The molecule has 1 aromatic rings. The second kappa shape index (κ2) is 5.10. The molecule has 0 spiro atoms. The van der Waals surface area contributed by atoms with E-state index in [9.17, 15) is 9.59 Å². The number of hydrogen-bond donors (Lipinski definition) is 2. The Morgan fingerprint density at radius 1 is 1.67 bits per heavy atom. The van der Waals surface area contributed by atoms with Gasteiger partial charge < -0.3 is 10.6 Å². The Kier molecular flexibility index (Phi) is 3.53. The highest BCUT2D eigenvalue weighted by molar-refractivity contribution is 6.33. The Labute approximate surface area is 108 Å². The van der Waals surface area contributed by atoms with Crippen molar-refractivity contribution in [1.29, 1.82) is 0 Å². The van der Waals surface area contributed by atoms with Gasteiger partial charge in [0.1, 0.15) is 12.2 Å². The standard InChI is InChI=1S/C11H11ClN4O2/c1-2-3-16-11(18)10(8(12)6-14-16)15-7-4-9(17)13-5-7/h1,6-7,15H,3-5H2,(H,13,17). The van der Waals surface area contributed by atoms with E-state index in [4.69, 9.17) is 18.0 Å². The van der Waals surface area contributed by atoms with Crippen molar-refractivity contribution in [2.75, 3.05) is 11.9 Å². The van der Waals surface area contributed by atoms with Gasteiger partial charge in [0.15, 0.2) is 0 Å². The summed E-state index contributed by atoms with van der Waals surface area (Å²) in [5, 5.41) is 9.66. The molecule has 0 bridgehead atoms. The first-order chi connectivity index (χ1) is 8.61. The minimum atomic E-state index is -0.389. The lowest BCUT2D eigenvalue weighted by Gasteiger charge is -2.13. The first-order valence-electron chi connectivity index (χ1n) is 5.34. The van der Waals surface area contributed by atoms with Crippen LogP contribution in [0.25, 0.3) is 0 Å². The van der Waals surface area contributed by atoms with Crippen LogP contribution in [0.3, 0.4) is 0 Å². The predicted octanol–water partition coefficient (Wildman–Crippen LogP) is -0.170. The SMILES string of the molecule is C#CCn1ncc(Cl)c(NC2CNC(=O)C2)c1=O. The minimum absolute atomic E-state index is 0.0540. The van der Waals surface area contributed by atoms with E-state index in [1.807, 2.05) is 0 Å². The number of nitrogens with one attached hydrogen (secondary N) is 2. The molecule has 1 atom stereocenters. The van der Waals surface area contributed by atoms with Crippen molar-refractivity contribution < 1.29 is 4.79 Å². The van der Waals surface area contributed by atoms with Crippen LogP contribution in [0.4, 0.5) is 5.69 Å². The Hall–Kier alpha value is -2.00. The third-order valence-corrected chi connectivity index (χ3v) is 2.85. The first-order valence-corrected chi connectivity index (χ1v) is 5.72. The van der Waals surface area contributed by atoms with E-state index < -0.39 is 0 Å². The van der Waals surface area contributed by atoms with Gasteiger partial charge in [0, 0.05) is 13.0 Å². The summed E-state index contributed by atoms with van der Waals surface area (Å²) in [6.45, 7) is 0.540. The molecule has 1 unspecified atom stereocenters. The van der Waals surface area contributed by atoms with Crippen molar-refractivity contribution in [2.24, 2.45) is 0 Å². The molecule has 1 aliphatic rings. The van der Waals surface area contributed by atoms with Crippen LogP contribution < -0.4 is 16.2 Å². The molecule has 1 fully saturated rings. The number of carbonyl (C=O) groups excluding carboxylic acids is 1. The Balaban J connectivity index is 2.27. The van der Waals surface area contributed by atoms with Crippen LogP contribution in [-0.4, -0.2) is 28.3 Å². The Bertz CT molecular complexity index is 575. The van der Waals surface area contributed by atoms with Gasteiger partial charge in [0.2, 0.25) is 5.91 Å². The molecule has 0 aromatic carbocycles. The molecule has 1 aromatic heterocycles. The van der Waals surface area contributed by atoms with Crippen LogP contribution in [0.2, 0.25) is 5.02 Å². The normalized spacial score (nSPS) is 18.2. The maximum atomic E-state index is 12.0. The van der Waals surface area contributed by atoms with Crippen LogP contribution >= 0.6 is 11.6 Å². The number of anilines is 1. The van der Waals surface area contributed by atoms with E-state index in [0.29, 0.717) is 13.0 Å². The molecule has 2 N–H and O–H groups in total. The number of terminal acetylenes is 1. The van der Waals surface area contributed by atoms with Gasteiger partial charge in [0.25, 0.3) is 5.56 Å². The number of amides is 1. The zero-order valence-corrected chi connectivity index (χ0v) is 10.2. The molecule has 1 saturated heterocycles. The minimum Gasteiger partial charge on any atom is -0.374 e. The van der Waals surface area contributed by atoms with Gasteiger partial charge >= 0.3 is 0 Å². The van der Waals surface area contributed by atoms with Gasteiger partial charge in [-0.3, -0.25) is 9.59 Å². The summed E-state index contributed by atoms with van der Waals surface area (Å²) in [6, 6.07) is -0.149. The highest BCUT2D eigenvalue weighted by atomic mass is 35.5. The molecule has 2 heterocycles. The molecule has 0 saturated carbocycles. The summed E-state index contributed by atoms with van der Waals surface area (Å²) in [6.07, 6.45) is 6.81. The van der Waals surface area contributed by atoms with Crippen LogP contribution in [0, 0.1) is 12.3 Å². The largest absolute Gasteiger partial charge is 0.374 e. The second-order valence-electron chi connectivity index (χ2n) is 3.88. The van der Waals surface area contributed by atoms with Gasteiger partial charge in [-0.15, -0.1) is 6.42 Å². The molecule has 18 heavy (non-hydrogen) atoms. The van der Waals surface area contributed by atoms with Crippen molar-refractivity contribution in [3.63, 3.8) is 0 Å². The van der Waals surface area contributed by atoms with Gasteiger partial charge in [-0.25, -0.2) is 4.68 Å². The number of carbonyl (C=O) groups is 1. The molecule has 1 aliphatic heterocycles. The Morgan fingerprint density at radius 2 is 2.44 bits per heavy atom. The number of aromatic nitrogens is 2. The predicted molar refractivity (Wildman–Crippen MR) is 67.4 cm³/mol. The van der Waals surface area contributed by atoms with Gasteiger partial charge in [0.05, 0.1) is 17.3 Å². The van der Waals surface area contributed by atoms with Crippen molar-refractivity contribution >= 4 is 23.2 Å². The monoisotopic (exact) mass is 266 g/mol. The number of halogens is 1. The molecule has 94 valence electrons. The molecule has 1 amide bonds. The lowest BCUT2D eigenvalue weighted by Crippen LogP contribution is -2.30. The van der Waals surface area contributed by atoms with Gasteiger partial charge in [-0.2, -0.15) is 5.10 Å². The molecular formula is C11H11ClN4O2. The smallest absolute Gasteiger partial charge is 0.292 e. The fraction of sp³-hybridized carbons (Fsp3) is 0.364. The van der Waals surface area contributed by atoms with Crippen molar-refractivity contribution in [1.82, 2.24) is 15.1 Å². The van der Waals surface area contributed by atoms with Crippen LogP contribution in [0.5, 0.6) is 0 Å². The van der Waals surface area contributed by atoms with E-state index >= 15 is 0 Å². The summed E-state index contributed by atoms with van der Waals surface area (Å²) in [5.74, 6) is 2.28. The van der Waals surface area contributed by atoms with E-state index in [1.165, 1.54) is 6.20 Å². The lowest BCUT2D eigenvalue weighted by molar-refractivity contribution is -0.119. The van der Waals surface area contributed by atoms with Crippen molar-refractivity contribution in [3.8, 4) is 12.3 Å². The summed E-state index contributed by atoms with van der Waals surface area (Å²) >= 11 is 5.92. The molecular weight excluding hydrogens is 256 g/mol. The lowest BCUT2D eigenvalue weighted by atomic mass is 10.2. The molecule has 7 heteroatoms. The van der Waals surface area contributed by atoms with Gasteiger partial charge in [-0.1, -0.05) is 17.5 Å². The summed E-state index contributed by atoms with van der Waals surface area (Å²) in [7, 11) is 0. The van der Waals surface area contributed by atoms with E-state index in [2.05, 4.69) is 21.7 Å². The molecule has 2 rings (SSSR count). The molecule has 6 nitrogen and oxygen atoms in total. The van der Waals surface area contributed by atoms with Crippen molar-refractivity contribution in [2.45, 2.75) is 19.0 Å². The second-order valence-corrected chi connectivity index (χ2v) is 4.29. The van der Waals surface area contributed by atoms with Crippen molar-refractivity contribution in [3.05, 3.63) is 21.6 Å². The number of rotatable bonds is 3. The van der Waals surface area contributed by atoms with E-state index in [-0.39, 0.29) is 34.8 Å². The average molecular weight is 267 g/mol. The maximum absolute atomic E-state index is 12.0. The highest BCUT2D eigenvalue weighted by Gasteiger charge is 2.23. The van der Waals surface area contributed by atoms with Crippen LogP contribution in [-0.2, 0) is 11.3 Å². The van der Waals surface area contributed by atoms with E-state index in [1.54, 1.807) is 0 Å². The summed E-state index contributed by atoms with van der Waals surface area (Å²) < 4.78 is 1.14. The topological polar surface area (TPSA) is 76.0 Å². The Morgan fingerprint density at radius 3 is 3.06 bits per heavy atom. The molecule has 0 radical (unpaired) electrons. The summed E-state index contributed by atoms with van der Waals surface area (Å²) in [5.41, 5.74) is -0.164. The first kappa shape index (κ1) is 12.5. The quantitative estimate of drug-likeness (QED) is 0.745. The summed E-state index contributed by atoms with van der Waals surface area (Å²) in [4.78, 5) is 23.1. The van der Waals surface area contributed by atoms with Crippen LogP contribution in [0.15, 0.2) is 11.0 Å². The molecule has 0 aliphatic carbocycles. The highest BCUT2D eigenvalue weighted by Crippen LogP contribution is 2.17. The third kappa shape index (κ3) is 2.46. The van der Waals surface area contributed by atoms with Crippen LogP contribution in [0.1, 0.15) is 6.42 Å². The fourth-order valence-electron chi connectivity index (χ4n) is 1.71. The third-order valence-electron chi connectivity index (χ3n) is 2.56. The number of hydrogen-bond acceptors (Lipinski definition) is 4. The van der Waals surface area contributed by atoms with Gasteiger partial charge in [-0.05, 0) is 0 Å². The van der Waals surface area contributed by atoms with E-state index in [0.717, 1.165) is 4.68 Å². The zero-order chi connectivity index (χ0) is 13.1. The number of nitrogens with zero attached hydrogens (tertiary/aromatic N) is 2. The fourth-order valence-corrected chi connectivity index (χ4v) is 1.89. The zero-order valence-electron chi connectivity index (χ0n) is 9.44. The average Bonchev–Trinajstić information content (AvgIpc) is 2.74.